The number of aromatic nitrogens is 2. The third kappa shape index (κ3) is 2.39. The number of amides is 1. The molecule has 3 rings (SSSR count). The van der Waals surface area contributed by atoms with Crippen molar-refractivity contribution in [2.45, 2.75) is 32.2 Å². The van der Waals surface area contributed by atoms with Crippen molar-refractivity contribution in [3.8, 4) is 5.75 Å². The van der Waals surface area contributed by atoms with Gasteiger partial charge in [-0.25, -0.2) is 4.68 Å². The molecule has 1 atom stereocenters. The second-order valence-corrected chi connectivity index (χ2v) is 5.56. The number of anilines is 1. The van der Waals surface area contributed by atoms with E-state index in [9.17, 15) is 4.79 Å². The van der Waals surface area contributed by atoms with Crippen LogP contribution in [0.25, 0.3) is 0 Å². The van der Waals surface area contributed by atoms with Gasteiger partial charge in [-0.3, -0.25) is 4.79 Å². The summed E-state index contributed by atoms with van der Waals surface area (Å²) in [7, 11) is 1.65. The number of nitrogens with zero attached hydrogens (tertiary/aromatic N) is 2. The van der Waals surface area contributed by atoms with E-state index < -0.39 is 0 Å². The van der Waals surface area contributed by atoms with Crippen molar-refractivity contribution in [3.63, 3.8) is 0 Å². The molecule has 5 nitrogen and oxygen atoms in total. The molecule has 0 spiro atoms. The van der Waals surface area contributed by atoms with Crippen LogP contribution in [0, 0.1) is 0 Å². The van der Waals surface area contributed by atoms with Crippen LogP contribution in [0.4, 0.5) is 5.82 Å². The molecule has 0 radical (unpaired) electrons. The molecule has 0 saturated heterocycles. The highest BCUT2D eigenvalue weighted by atomic mass is 16.5. The lowest BCUT2D eigenvalue weighted by Gasteiger charge is -2.24. The summed E-state index contributed by atoms with van der Waals surface area (Å²) in [5.41, 5.74) is 2.18. The maximum atomic E-state index is 12.0. The number of hydrogen-bond acceptors (Lipinski definition) is 3. The van der Waals surface area contributed by atoms with Gasteiger partial charge in [0.05, 0.1) is 13.3 Å². The van der Waals surface area contributed by atoms with Gasteiger partial charge in [-0.1, -0.05) is 12.1 Å². The first-order valence-corrected chi connectivity index (χ1v) is 7.11. The number of carbonyl (C=O) groups is 1. The first-order chi connectivity index (χ1) is 10.1. The maximum Gasteiger partial charge on any atom is 0.226 e. The molecular formula is C16H19N3O2. The molecule has 1 aromatic carbocycles. The molecule has 21 heavy (non-hydrogen) atoms. The summed E-state index contributed by atoms with van der Waals surface area (Å²) in [5.74, 6) is 1.72. The van der Waals surface area contributed by atoms with Crippen molar-refractivity contribution >= 4 is 11.7 Å². The first kappa shape index (κ1) is 13.7. The number of fused-ring (bicyclic) bond motifs is 1. The summed E-state index contributed by atoms with van der Waals surface area (Å²) in [6.45, 7) is 4.10. The number of ether oxygens (including phenoxy) is 1. The van der Waals surface area contributed by atoms with Crippen LogP contribution in [-0.4, -0.2) is 22.8 Å². The van der Waals surface area contributed by atoms with Crippen LogP contribution in [0.1, 0.15) is 43.4 Å². The van der Waals surface area contributed by atoms with E-state index in [-0.39, 0.29) is 17.9 Å². The molecular weight excluding hydrogens is 266 g/mol. The lowest BCUT2D eigenvalue weighted by molar-refractivity contribution is -0.116. The molecule has 110 valence electrons. The number of rotatable bonds is 3. The van der Waals surface area contributed by atoms with E-state index in [1.165, 1.54) is 0 Å². The zero-order valence-corrected chi connectivity index (χ0v) is 12.5. The van der Waals surface area contributed by atoms with E-state index in [1.54, 1.807) is 7.11 Å². The SMILES string of the molecule is COc1ccc([C@@H]2CC(=O)Nc3c2cnn3C(C)C)cc1. The Morgan fingerprint density at radius 1 is 1.33 bits per heavy atom. The fraction of sp³-hybridized carbons (Fsp3) is 0.375. The average Bonchev–Trinajstić information content (AvgIpc) is 2.90. The normalized spacial score (nSPS) is 17.5. The number of carbonyl (C=O) groups excluding carboxylic acids is 1. The van der Waals surface area contributed by atoms with Crippen molar-refractivity contribution in [2.75, 3.05) is 12.4 Å². The predicted molar refractivity (Wildman–Crippen MR) is 80.7 cm³/mol. The van der Waals surface area contributed by atoms with Gasteiger partial charge in [0, 0.05) is 23.9 Å². The minimum absolute atomic E-state index is 0.0331. The smallest absolute Gasteiger partial charge is 0.226 e. The Kier molecular flexibility index (Phi) is 3.41. The lowest BCUT2D eigenvalue weighted by Crippen LogP contribution is -2.25. The summed E-state index contributed by atoms with van der Waals surface area (Å²) in [6, 6.07) is 8.09. The van der Waals surface area contributed by atoms with Gasteiger partial charge in [-0.05, 0) is 31.5 Å². The van der Waals surface area contributed by atoms with E-state index in [1.807, 2.05) is 35.1 Å². The second kappa shape index (κ2) is 5.24. The van der Waals surface area contributed by atoms with Gasteiger partial charge in [-0.15, -0.1) is 0 Å². The van der Waals surface area contributed by atoms with Crippen molar-refractivity contribution in [2.24, 2.45) is 0 Å². The van der Waals surface area contributed by atoms with Crippen LogP contribution in [-0.2, 0) is 4.79 Å². The Morgan fingerprint density at radius 2 is 2.05 bits per heavy atom. The highest BCUT2D eigenvalue weighted by molar-refractivity contribution is 5.94. The number of benzene rings is 1. The molecule has 0 unspecified atom stereocenters. The molecule has 2 aromatic rings. The molecule has 0 aliphatic carbocycles. The van der Waals surface area contributed by atoms with Crippen LogP contribution >= 0.6 is 0 Å². The summed E-state index contributed by atoms with van der Waals surface area (Å²) >= 11 is 0. The van der Waals surface area contributed by atoms with Gasteiger partial charge in [-0.2, -0.15) is 5.10 Å². The highest BCUT2D eigenvalue weighted by Gasteiger charge is 2.30. The maximum absolute atomic E-state index is 12.0. The Balaban J connectivity index is 2.02. The van der Waals surface area contributed by atoms with E-state index in [0.29, 0.717) is 6.42 Å². The van der Waals surface area contributed by atoms with Gasteiger partial charge >= 0.3 is 0 Å². The minimum atomic E-state index is 0.0331. The molecule has 5 heteroatoms. The van der Waals surface area contributed by atoms with Crippen molar-refractivity contribution < 1.29 is 9.53 Å². The molecule has 0 bridgehead atoms. The Bertz CT molecular complexity index is 659. The van der Waals surface area contributed by atoms with Crippen LogP contribution in [0.3, 0.4) is 0 Å². The third-order valence-corrected chi connectivity index (χ3v) is 3.85. The van der Waals surface area contributed by atoms with Crippen LogP contribution in [0.5, 0.6) is 5.75 Å². The Hall–Kier alpha value is -2.30. The van der Waals surface area contributed by atoms with Gasteiger partial charge in [0.25, 0.3) is 0 Å². The fourth-order valence-electron chi connectivity index (χ4n) is 2.76. The summed E-state index contributed by atoms with van der Waals surface area (Å²) in [6.07, 6.45) is 2.31. The van der Waals surface area contributed by atoms with E-state index >= 15 is 0 Å². The van der Waals surface area contributed by atoms with Gasteiger partial charge in [0.2, 0.25) is 5.91 Å². The van der Waals surface area contributed by atoms with E-state index in [0.717, 1.165) is 22.7 Å². The quantitative estimate of drug-likeness (QED) is 0.943. The van der Waals surface area contributed by atoms with E-state index in [4.69, 9.17) is 4.74 Å². The Morgan fingerprint density at radius 3 is 2.67 bits per heavy atom. The first-order valence-electron chi connectivity index (χ1n) is 7.11. The number of hydrogen-bond donors (Lipinski definition) is 1. The highest BCUT2D eigenvalue weighted by Crippen LogP contribution is 2.38. The number of nitrogens with one attached hydrogen (secondary N) is 1. The zero-order valence-electron chi connectivity index (χ0n) is 12.5. The molecule has 1 aromatic heterocycles. The number of methoxy groups -OCH3 is 1. The average molecular weight is 285 g/mol. The minimum Gasteiger partial charge on any atom is -0.497 e. The summed E-state index contributed by atoms with van der Waals surface area (Å²) < 4.78 is 7.05. The van der Waals surface area contributed by atoms with Crippen LogP contribution < -0.4 is 10.1 Å². The monoisotopic (exact) mass is 285 g/mol. The van der Waals surface area contributed by atoms with Gasteiger partial charge < -0.3 is 10.1 Å². The molecule has 1 N–H and O–H groups in total. The van der Waals surface area contributed by atoms with Gasteiger partial charge in [0.1, 0.15) is 11.6 Å². The van der Waals surface area contributed by atoms with Crippen LogP contribution in [0.15, 0.2) is 30.5 Å². The topological polar surface area (TPSA) is 56.1 Å². The molecule has 2 heterocycles. The van der Waals surface area contributed by atoms with Crippen molar-refractivity contribution in [1.29, 1.82) is 0 Å². The summed E-state index contributed by atoms with van der Waals surface area (Å²) in [4.78, 5) is 12.0. The summed E-state index contributed by atoms with van der Waals surface area (Å²) in [5, 5.41) is 7.37. The standard InChI is InChI=1S/C16H19N3O2/c1-10(2)19-16-14(9-17-19)13(8-15(20)18-16)11-4-6-12(21-3)7-5-11/h4-7,9-10,13H,8H2,1-3H3,(H,18,20)/t13-/m0/s1. The lowest BCUT2D eigenvalue weighted by atomic mass is 9.87. The molecule has 0 fully saturated rings. The van der Waals surface area contributed by atoms with E-state index in [2.05, 4.69) is 24.3 Å². The largest absolute Gasteiger partial charge is 0.497 e. The predicted octanol–water partition coefficient (Wildman–Crippen LogP) is 2.95. The van der Waals surface area contributed by atoms with Crippen molar-refractivity contribution in [1.82, 2.24) is 9.78 Å². The molecule has 1 aliphatic heterocycles. The van der Waals surface area contributed by atoms with Gasteiger partial charge in [0.15, 0.2) is 0 Å². The Labute approximate surface area is 123 Å². The van der Waals surface area contributed by atoms with Crippen molar-refractivity contribution in [3.05, 3.63) is 41.6 Å². The molecule has 0 saturated carbocycles. The zero-order chi connectivity index (χ0) is 15.0. The van der Waals surface area contributed by atoms with Crippen LogP contribution in [0.2, 0.25) is 0 Å². The fourth-order valence-corrected chi connectivity index (χ4v) is 2.76. The second-order valence-electron chi connectivity index (χ2n) is 5.56. The molecule has 1 aliphatic rings. The third-order valence-electron chi connectivity index (χ3n) is 3.85. The molecule has 1 amide bonds.